The molecule has 6 nitrogen and oxygen atoms in total. The molecule has 0 atom stereocenters. The van der Waals surface area contributed by atoms with Crippen LogP contribution in [0.5, 0.6) is 5.75 Å². The first-order chi connectivity index (χ1) is 11.0. The zero-order valence-electron chi connectivity index (χ0n) is 12.3. The quantitative estimate of drug-likeness (QED) is 0.886. The van der Waals surface area contributed by atoms with Crippen molar-refractivity contribution < 1.29 is 18.3 Å². The van der Waals surface area contributed by atoms with E-state index in [-0.39, 0.29) is 22.7 Å². The average molecular weight is 323 g/mol. The Morgan fingerprint density at radius 2 is 2.04 bits per heavy atom. The maximum atomic E-state index is 12.4. The third kappa shape index (κ3) is 4.35. The Hall–Kier alpha value is -2.77. The van der Waals surface area contributed by atoms with Gasteiger partial charge < -0.3 is 10.1 Å². The Bertz CT molecular complexity index is 747. The van der Waals surface area contributed by atoms with Gasteiger partial charge in [0, 0.05) is 12.6 Å². The van der Waals surface area contributed by atoms with Crippen molar-refractivity contribution >= 4 is 11.6 Å². The third-order valence-electron chi connectivity index (χ3n) is 2.89. The molecule has 2 rings (SSSR count). The van der Waals surface area contributed by atoms with Gasteiger partial charge in [0.25, 0.3) is 11.5 Å². The molecule has 0 aliphatic rings. The van der Waals surface area contributed by atoms with Crippen LogP contribution in [0.3, 0.4) is 0 Å². The van der Waals surface area contributed by atoms with Gasteiger partial charge in [-0.3, -0.25) is 9.59 Å². The smallest absolute Gasteiger partial charge is 0.387 e. The summed E-state index contributed by atoms with van der Waals surface area (Å²) in [6.07, 6.45) is 0.684. The molecule has 23 heavy (non-hydrogen) atoms. The van der Waals surface area contributed by atoms with Gasteiger partial charge in [-0.05, 0) is 24.6 Å². The number of ether oxygens (including phenoxy) is 1. The van der Waals surface area contributed by atoms with Crippen molar-refractivity contribution in [1.82, 2.24) is 9.78 Å². The van der Waals surface area contributed by atoms with Crippen molar-refractivity contribution in [2.45, 2.75) is 26.5 Å². The van der Waals surface area contributed by atoms with Gasteiger partial charge >= 0.3 is 6.61 Å². The minimum absolute atomic E-state index is 0.00454. The Balaban J connectivity index is 2.23. The molecule has 2 aromatic rings. The molecule has 8 heteroatoms. The number of rotatable bonds is 6. The predicted octanol–water partition coefficient (Wildman–Crippen LogP) is 2.51. The summed E-state index contributed by atoms with van der Waals surface area (Å²) in [5.41, 5.74) is -0.220. The minimum atomic E-state index is -3.00. The van der Waals surface area contributed by atoms with Crippen LogP contribution < -0.4 is 15.6 Å². The largest absolute Gasteiger partial charge is 0.433 e. The summed E-state index contributed by atoms with van der Waals surface area (Å²) in [4.78, 5) is 23.8. The van der Waals surface area contributed by atoms with Crippen LogP contribution in [0.2, 0.25) is 0 Å². The number of amides is 1. The van der Waals surface area contributed by atoms with Crippen LogP contribution in [0.15, 0.2) is 41.2 Å². The summed E-state index contributed by atoms with van der Waals surface area (Å²) in [6.45, 7) is -0.748. The molecular weight excluding hydrogens is 308 g/mol. The van der Waals surface area contributed by atoms with Gasteiger partial charge in [0.15, 0.2) is 0 Å². The molecule has 0 unspecified atom stereocenters. The zero-order chi connectivity index (χ0) is 16.8. The van der Waals surface area contributed by atoms with Crippen molar-refractivity contribution in [3.05, 3.63) is 52.4 Å². The number of benzene rings is 1. The maximum Gasteiger partial charge on any atom is 0.387 e. The molecule has 0 fully saturated rings. The maximum absolute atomic E-state index is 12.4. The topological polar surface area (TPSA) is 73.2 Å². The van der Waals surface area contributed by atoms with E-state index < -0.39 is 12.5 Å². The van der Waals surface area contributed by atoms with E-state index in [2.05, 4.69) is 15.2 Å². The highest BCUT2D eigenvalue weighted by Gasteiger charge is 2.14. The van der Waals surface area contributed by atoms with E-state index in [4.69, 9.17) is 0 Å². The van der Waals surface area contributed by atoms with E-state index in [1.807, 2.05) is 6.92 Å². The van der Waals surface area contributed by atoms with Gasteiger partial charge in [-0.1, -0.05) is 19.1 Å². The van der Waals surface area contributed by atoms with Crippen molar-refractivity contribution in [2.75, 3.05) is 5.32 Å². The fraction of sp³-hybridized carbons (Fsp3) is 0.267. The highest BCUT2D eigenvalue weighted by atomic mass is 19.3. The number of nitrogens with one attached hydrogen (secondary N) is 1. The lowest BCUT2D eigenvalue weighted by Crippen LogP contribution is -2.26. The fourth-order valence-electron chi connectivity index (χ4n) is 1.90. The normalized spacial score (nSPS) is 10.6. The van der Waals surface area contributed by atoms with Gasteiger partial charge in [-0.25, -0.2) is 4.68 Å². The van der Waals surface area contributed by atoms with Crippen molar-refractivity contribution in [3.63, 3.8) is 0 Å². The number of aromatic nitrogens is 2. The average Bonchev–Trinajstić information content (AvgIpc) is 2.51. The molecule has 0 aliphatic heterocycles. The second kappa shape index (κ2) is 7.48. The van der Waals surface area contributed by atoms with Crippen molar-refractivity contribution in [3.8, 4) is 5.75 Å². The molecule has 0 bridgehead atoms. The number of hydrogen-bond donors (Lipinski definition) is 1. The van der Waals surface area contributed by atoms with E-state index in [9.17, 15) is 18.4 Å². The Morgan fingerprint density at radius 1 is 1.30 bits per heavy atom. The number of carbonyl (C=O) groups is 1. The fourth-order valence-corrected chi connectivity index (χ4v) is 1.90. The third-order valence-corrected chi connectivity index (χ3v) is 2.89. The predicted molar refractivity (Wildman–Crippen MR) is 79.8 cm³/mol. The Kier molecular flexibility index (Phi) is 5.40. The van der Waals surface area contributed by atoms with Crippen LogP contribution in [0, 0.1) is 0 Å². The molecule has 1 aromatic heterocycles. The van der Waals surface area contributed by atoms with Gasteiger partial charge in [-0.2, -0.15) is 13.9 Å². The molecule has 0 spiro atoms. The number of halogens is 2. The van der Waals surface area contributed by atoms with Crippen LogP contribution in [-0.2, 0) is 6.54 Å². The number of alkyl halides is 2. The summed E-state index contributed by atoms with van der Waals surface area (Å²) in [7, 11) is 0. The SMILES string of the molecule is CCCn1nc(C(=O)Nc2ccccc2OC(F)F)ccc1=O. The molecule has 122 valence electrons. The van der Waals surface area contributed by atoms with Crippen LogP contribution in [0.1, 0.15) is 23.8 Å². The van der Waals surface area contributed by atoms with E-state index in [1.165, 1.54) is 35.0 Å². The van der Waals surface area contributed by atoms with Crippen LogP contribution in [0.25, 0.3) is 0 Å². The molecule has 1 amide bonds. The molecule has 0 radical (unpaired) electrons. The number of para-hydroxylation sites is 2. The van der Waals surface area contributed by atoms with E-state index >= 15 is 0 Å². The molecule has 1 N–H and O–H groups in total. The molecule has 1 aromatic carbocycles. The van der Waals surface area contributed by atoms with Gasteiger partial charge in [0.1, 0.15) is 11.4 Å². The summed E-state index contributed by atoms with van der Waals surface area (Å²) in [5, 5.41) is 6.40. The van der Waals surface area contributed by atoms with Gasteiger partial charge in [0.2, 0.25) is 0 Å². The van der Waals surface area contributed by atoms with E-state index in [0.717, 1.165) is 0 Å². The summed E-state index contributed by atoms with van der Waals surface area (Å²) < 4.78 is 30.2. The lowest BCUT2D eigenvalue weighted by Gasteiger charge is -2.11. The number of aryl methyl sites for hydroxylation is 1. The second-order valence-electron chi connectivity index (χ2n) is 4.61. The Morgan fingerprint density at radius 3 is 2.74 bits per heavy atom. The van der Waals surface area contributed by atoms with Crippen LogP contribution in [-0.4, -0.2) is 22.3 Å². The lowest BCUT2D eigenvalue weighted by atomic mass is 10.2. The van der Waals surface area contributed by atoms with Crippen molar-refractivity contribution in [2.24, 2.45) is 0 Å². The second-order valence-corrected chi connectivity index (χ2v) is 4.61. The van der Waals surface area contributed by atoms with Crippen molar-refractivity contribution in [1.29, 1.82) is 0 Å². The first kappa shape index (κ1) is 16.6. The first-order valence-corrected chi connectivity index (χ1v) is 6.94. The highest BCUT2D eigenvalue weighted by Crippen LogP contribution is 2.25. The highest BCUT2D eigenvalue weighted by molar-refractivity contribution is 6.03. The minimum Gasteiger partial charge on any atom is -0.433 e. The van der Waals surface area contributed by atoms with Gasteiger partial charge in [0.05, 0.1) is 5.69 Å². The number of carbonyl (C=O) groups excluding carboxylic acids is 1. The number of hydrogen-bond acceptors (Lipinski definition) is 4. The molecule has 0 saturated carbocycles. The van der Waals surface area contributed by atoms with E-state index in [0.29, 0.717) is 13.0 Å². The van der Waals surface area contributed by atoms with Gasteiger partial charge in [-0.15, -0.1) is 0 Å². The number of nitrogens with zero attached hydrogens (tertiary/aromatic N) is 2. The molecular formula is C15H15F2N3O3. The lowest BCUT2D eigenvalue weighted by molar-refractivity contribution is -0.0493. The monoisotopic (exact) mass is 323 g/mol. The summed E-state index contributed by atoms with van der Waals surface area (Å²) >= 11 is 0. The standard InChI is InChI=1S/C15H15F2N3O3/c1-2-9-20-13(21)8-7-11(19-20)14(22)18-10-5-3-4-6-12(10)23-15(16)17/h3-8,15H,2,9H2,1H3,(H,18,22). The number of anilines is 1. The molecule has 1 heterocycles. The summed E-state index contributed by atoms with van der Waals surface area (Å²) in [5.74, 6) is -0.780. The first-order valence-electron chi connectivity index (χ1n) is 6.94. The van der Waals surface area contributed by atoms with Crippen LogP contribution >= 0.6 is 0 Å². The Labute approximate surface area is 130 Å². The van der Waals surface area contributed by atoms with E-state index in [1.54, 1.807) is 6.07 Å². The summed E-state index contributed by atoms with van der Waals surface area (Å²) in [6, 6.07) is 8.33. The molecule has 0 saturated heterocycles. The zero-order valence-corrected chi connectivity index (χ0v) is 12.3. The van der Waals surface area contributed by atoms with Crippen LogP contribution in [0.4, 0.5) is 14.5 Å². The molecule has 0 aliphatic carbocycles.